The van der Waals surface area contributed by atoms with Crippen LogP contribution in [0.15, 0.2) is 83.7 Å². The first-order chi connectivity index (χ1) is 36.8. The molecule has 398 valence electrons. The predicted molar refractivity (Wildman–Crippen MR) is 271 cm³/mol. The predicted octanol–water partition coefficient (Wildman–Crippen LogP) is 0.714. The fraction of sp³-hybridized carbons (Fsp3) is 0.315. The lowest BCUT2D eigenvalue weighted by Crippen LogP contribution is -2.52. The summed E-state index contributed by atoms with van der Waals surface area (Å²) in [6, 6.07) is 16.0. The Bertz CT molecular complexity index is 3440. The Balaban J connectivity index is 0.780. The van der Waals surface area contributed by atoms with Gasteiger partial charge in [0.05, 0.1) is 59.9 Å². The summed E-state index contributed by atoms with van der Waals surface area (Å²) in [7, 11) is 0. The van der Waals surface area contributed by atoms with E-state index in [-0.39, 0.29) is 48.4 Å². The molecule has 0 saturated heterocycles. The third-order valence-corrected chi connectivity index (χ3v) is 14.1. The maximum atomic E-state index is 15.5. The van der Waals surface area contributed by atoms with Crippen LogP contribution >= 0.6 is 0 Å². The van der Waals surface area contributed by atoms with E-state index in [1.807, 2.05) is 6.92 Å². The molecule has 0 spiro atoms. The molecule has 8 amide bonds. The number of imide groups is 1. The van der Waals surface area contributed by atoms with E-state index in [2.05, 4.69) is 31.9 Å². The molecule has 22 nitrogen and oxygen atoms in total. The number of hydrogen-bond donors (Lipinski definition) is 7. The van der Waals surface area contributed by atoms with Gasteiger partial charge in [-0.05, 0) is 79.6 Å². The van der Waals surface area contributed by atoms with Crippen molar-refractivity contribution in [1.29, 1.82) is 0 Å². The lowest BCUT2D eigenvalue weighted by molar-refractivity contribution is -0.172. The molecule has 7 N–H and O–H groups in total. The third-order valence-electron chi connectivity index (χ3n) is 14.1. The number of benzene rings is 3. The van der Waals surface area contributed by atoms with Crippen molar-refractivity contribution < 1.29 is 62.1 Å². The normalized spacial score (nSPS) is 18.1. The van der Waals surface area contributed by atoms with Crippen LogP contribution in [0.4, 0.5) is 10.1 Å². The van der Waals surface area contributed by atoms with Gasteiger partial charge in [0.1, 0.15) is 31.8 Å². The van der Waals surface area contributed by atoms with Crippen molar-refractivity contribution in [2.45, 2.75) is 76.8 Å². The summed E-state index contributed by atoms with van der Waals surface area (Å²) in [6.45, 7) is 2.15. The molecule has 3 aliphatic heterocycles. The smallest absolute Gasteiger partial charge is 0.343 e. The topological polar surface area (TPSA) is 303 Å². The molecule has 0 fully saturated rings. The molecule has 1 aliphatic carbocycles. The van der Waals surface area contributed by atoms with Gasteiger partial charge in [-0.2, -0.15) is 0 Å². The second-order valence-electron chi connectivity index (χ2n) is 19.1. The number of ether oxygens (including phenoxy) is 2. The van der Waals surface area contributed by atoms with Gasteiger partial charge in [-0.15, -0.1) is 0 Å². The van der Waals surface area contributed by atoms with Crippen LogP contribution in [0, 0.1) is 12.7 Å². The van der Waals surface area contributed by atoms with E-state index in [1.54, 1.807) is 50.2 Å². The highest BCUT2D eigenvalue weighted by atomic mass is 19.1. The molecule has 0 unspecified atom stereocenters. The minimum absolute atomic E-state index is 0.00896. The van der Waals surface area contributed by atoms with E-state index in [4.69, 9.17) is 14.5 Å². The number of rotatable bonds is 18. The fourth-order valence-corrected chi connectivity index (χ4v) is 10.2. The Morgan fingerprint density at radius 1 is 0.844 bits per heavy atom. The Hall–Kier alpha value is -8.96. The third kappa shape index (κ3) is 10.4. The summed E-state index contributed by atoms with van der Waals surface area (Å²) in [5, 5.41) is 27.4. The summed E-state index contributed by atoms with van der Waals surface area (Å²) in [6.07, 6.45) is 2.85. The lowest BCUT2D eigenvalue weighted by Gasteiger charge is -2.38. The number of hydrogen-bond acceptors (Lipinski definition) is 14. The molecule has 5 aromatic rings. The average Bonchev–Trinajstić information content (AvgIpc) is 4.09. The van der Waals surface area contributed by atoms with Crippen molar-refractivity contribution >= 4 is 69.8 Å². The van der Waals surface area contributed by atoms with Gasteiger partial charge in [-0.1, -0.05) is 43.3 Å². The van der Waals surface area contributed by atoms with Crippen molar-refractivity contribution in [3.8, 4) is 11.4 Å². The van der Waals surface area contributed by atoms with E-state index in [1.165, 1.54) is 34.9 Å². The number of anilines is 1. The van der Waals surface area contributed by atoms with Crippen LogP contribution in [-0.4, -0.2) is 107 Å². The molecule has 9 rings (SSSR count). The van der Waals surface area contributed by atoms with Crippen LogP contribution in [0.1, 0.15) is 76.0 Å². The Morgan fingerprint density at radius 3 is 2.30 bits per heavy atom. The van der Waals surface area contributed by atoms with Crippen LogP contribution in [-0.2, 0) is 85.0 Å². The maximum Gasteiger partial charge on any atom is 0.343 e. The highest BCUT2D eigenvalue weighted by Crippen LogP contribution is 2.48. The summed E-state index contributed by atoms with van der Waals surface area (Å²) in [5.41, 5.74) is 0.802. The Morgan fingerprint density at radius 2 is 1.56 bits per heavy atom. The number of nitrogens with zero attached hydrogens (tertiary/aromatic N) is 3. The fourth-order valence-electron chi connectivity index (χ4n) is 10.2. The average molecular weight is 1050 g/mol. The number of amides is 8. The molecule has 3 atom stereocenters. The summed E-state index contributed by atoms with van der Waals surface area (Å²) in [4.78, 5) is 135. The van der Waals surface area contributed by atoms with Gasteiger partial charge in [-0.3, -0.25) is 43.2 Å². The number of aromatic nitrogens is 2. The quantitative estimate of drug-likeness (QED) is 0.0270. The number of pyridine rings is 2. The number of carbonyl (C=O) groups is 9. The molecule has 0 radical (unpaired) electrons. The van der Waals surface area contributed by atoms with E-state index in [0.717, 1.165) is 17.1 Å². The van der Waals surface area contributed by atoms with Crippen molar-refractivity contribution in [2.24, 2.45) is 0 Å². The van der Waals surface area contributed by atoms with Crippen molar-refractivity contribution in [3.63, 3.8) is 0 Å². The summed E-state index contributed by atoms with van der Waals surface area (Å²) < 4.78 is 27.7. The van der Waals surface area contributed by atoms with Crippen LogP contribution in [0.25, 0.3) is 22.3 Å². The van der Waals surface area contributed by atoms with Crippen molar-refractivity contribution in [2.75, 3.05) is 37.9 Å². The van der Waals surface area contributed by atoms with Crippen LogP contribution in [0.5, 0.6) is 0 Å². The largest absolute Gasteiger partial charge is 0.458 e. The molecular weight excluding hydrogens is 1000 g/mol. The second-order valence-corrected chi connectivity index (χ2v) is 19.1. The number of nitrogens with one attached hydrogen (secondary N) is 6. The number of halogens is 1. The number of cyclic esters (lactones) is 1. The zero-order valence-electron chi connectivity index (χ0n) is 41.9. The van der Waals surface area contributed by atoms with Gasteiger partial charge in [0.15, 0.2) is 5.60 Å². The number of esters is 1. The van der Waals surface area contributed by atoms with Gasteiger partial charge in [-0.25, -0.2) is 19.1 Å². The first kappa shape index (κ1) is 52.9. The molecular formula is C54H52FN9O13. The Labute approximate surface area is 437 Å². The summed E-state index contributed by atoms with van der Waals surface area (Å²) in [5.74, 6) is -6.68. The van der Waals surface area contributed by atoms with E-state index < -0.39 is 115 Å². The first-order valence-corrected chi connectivity index (χ1v) is 24.6. The summed E-state index contributed by atoms with van der Waals surface area (Å²) >= 11 is 0. The van der Waals surface area contributed by atoms with Crippen LogP contribution in [0.3, 0.4) is 0 Å². The van der Waals surface area contributed by atoms with Crippen molar-refractivity contribution in [3.05, 3.63) is 140 Å². The number of fused-ring (bicyclic) bond motifs is 5. The van der Waals surface area contributed by atoms with E-state index in [0.29, 0.717) is 62.9 Å². The standard InChI is InChI=1S/C54H52FN9O13/c1-4-54(75)35-19-39-48-33(24-63(39)51(73)34(35)25-77-52(54)74)47-46-32(28(2)36(55)20-37(46)61-48)15-16-53(47,3)62-43(68)26-76-27-59-41(66)22-58-50(72)38(17-29-9-6-5-7-10-29)60-42(67)23-56-40(65)21-57-49(71)30-11-8-12-31(18-30)64-44(69)13-14-45(64)70/h5-14,18-20,38,75H,4,15-17,21-27H2,1-3H3,(H,56,65)(H,57,71)(H,58,72)(H,59,66)(H,60,67)(H,62,68)/t38-,53-,54-/m0/s1. The zero-order valence-corrected chi connectivity index (χ0v) is 41.9. The molecule has 5 heterocycles. The van der Waals surface area contributed by atoms with Crippen LogP contribution < -0.4 is 42.4 Å². The Kier molecular flexibility index (Phi) is 14.7. The van der Waals surface area contributed by atoms with E-state index in [9.17, 15) is 53.1 Å². The zero-order chi connectivity index (χ0) is 54.9. The number of aliphatic hydroxyl groups is 1. The minimum Gasteiger partial charge on any atom is -0.458 e. The lowest BCUT2D eigenvalue weighted by atomic mass is 9.74. The highest BCUT2D eigenvalue weighted by molar-refractivity contribution is 6.28. The SMILES string of the molecule is CC[C@@]1(O)C(=O)OCc2c1cc1n(c2=O)Cc2c-1nc1cc(F)c(C)c3c1c2[C@@](C)(NC(=O)COCNC(=O)CNC(=O)[C@H](Cc1ccccc1)NC(=O)CNC(=O)CNC(=O)c1cccc(N2C(=O)C=CC2=O)c1)CC3. The molecule has 77 heavy (non-hydrogen) atoms. The number of carbonyl (C=O) groups excluding carboxylic acids is 9. The molecule has 23 heteroatoms. The first-order valence-electron chi connectivity index (χ1n) is 24.6. The van der Waals surface area contributed by atoms with Gasteiger partial charge in [0.25, 0.3) is 23.3 Å². The maximum absolute atomic E-state index is 15.5. The minimum atomic E-state index is -2.07. The van der Waals surface area contributed by atoms with Gasteiger partial charge in [0.2, 0.25) is 29.5 Å². The molecule has 0 saturated carbocycles. The monoisotopic (exact) mass is 1050 g/mol. The highest BCUT2D eigenvalue weighted by Gasteiger charge is 2.47. The molecule has 2 aromatic heterocycles. The molecule has 3 aromatic carbocycles. The number of aryl methyl sites for hydroxylation is 1. The van der Waals surface area contributed by atoms with Crippen LogP contribution in [0.2, 0.25) is 0 Å². The van der Waals surface area contributed by atoms with E-state index >= 15 is 4.39 Å². The second kappa shape index (κ2) is 21.3. The van der Waals surface area contributed by atoms with Gasteiger partial charge >= 0.3 is 5.97 Å². The van der Waals surface area contributed by atoms with Gasteiger partial charge < -0.3 is 51.0 Å². The molecule has 4 aliphatic rings. The molecule has 0 bridgehead atoms. The van der Waals surface area contributed by atoms with Crippen molar-refractivity contribution in [1.82, 2.24) is 41.5 Å². The van der Waals surface area contributed by atoms with Gasteiger partial charge in [0, 0.05) is 46.7 Å².